The van der Waals surface area contributed by atoms with Crippen LogP contribution in [0.4, 0.5) is 15.3 Å². The van der Waals surface area contributed by atoms with E-state index in [1.807, 2.05) is 0 Å². The molecule has 4 amide bonds. The highest BCUT2D eigenvalue weighted by Crippen LogP contribution is 2.27. The van der Waals surface area contributed by atoms with Gasteiger partial charge in [-0.15, -0.1) is 0 Å². The second kappa shape index (κ2) is 14.7. The van der Waals surface area contributed by atoms with Gasteiger partial charge in [0.1, 0.15) is 18.7 Å². The van der Waals surface area contributed by atoms with Crippen LogP contribution in [0.2, 0.25) is 0 Å². The maximum atomic E-state index is 13.5. The summed E-state index contributed by atoms with van der Waals surface area (Å²) in [5.74, 6) is -0.743. The number of carbonyl (C=O) groups is 4. The maximum absolute atomic E-state index is 13.5. The SMILES string of the molecule is O=C(N[C@@H]1CCN(C(=O)[C@@H]2C[C@H](S)CN2C(=O)OCc2ccc([N+](=O)[O-])cc2)C1)[C@@H]1CCCN1C(=O)OC(c1ccccc1)[N+](=O)[O-]. The van der Waals surface area contributed by atoms with E-state index >= 15 is 0 Å². The van der Waals surface area contributed by atoms with E-state index in [-0.39, 0.29) is 48.6 Å². The number of hydrogen-bond acceptors (Lipinski definition) is 11. The predicted octanol–water partition coefficient (Wildman–Crippen LogP) is 2.90. The molecule has 2 aromatic rings. The first-order valence-corrected chi connectivity index (χ1v) is 15.6. The first-order valence-electron chi connectivity index (χ1n) is 15.1. The molecule has 16 nitrogen and oxygen atoms in total. The molecule has 0 saturated carbocycles. The number of amides is 4. The summed E-state index contributed by atoms with van der Waals surface area (Å²) in [4.78, 5) is 78.0. The summed E-state index contributed by atoms with van der Waals surface area (Å²) in [5.41, 5.74) is 0.662. The van der Waals surface area contributed by atoms with Gasteiger partial charge in [-0.05, 0) is 55.5 Å². The third-order valence-corrected chi connectivity index (χ3v) is 8.81. The van der Waals surface area contributed by atoms with Crippen LogP contribution in [0.15, 0.2) is 54.6 Å². The fourth-order valence-electron chi connectivity index (χ4n) is 6.05. The van der Waals surface area contributed by atoms with Crippen LogP contribution in [0.25, 0.3) is 0 Å². The fraction of sp³-hybridized carbons (Fsp3) is 0.467. The summed E-state index contributed by atoms with van der Waals surface area (Å²) in [7, 11) is 0. The smallest absolute Gasteiger partial charge is 0.415 e. The van der Waals surface area contributed by atoms with Gasteiger partial charge in [-0.1, -0.05) is 18.2 Å². The zero-order chi connectivity index (χ0) is 33.7. The zero-order valence-corrected chi connectivity index (χ0v) is 26.1. The van der Waals surface area contributed by atoms with E-state index in [4.69, 9.17) is 9.47 Å². The Kier molecular flexibility index (Phi) is 10.4. The van der Waals surface area contributed by atoms with Gasteiger partial charge in [-0.25, -0.2) is 9.59 Å². The second-order valence-corrected chi connectivity index (χ2v) is 12.3. The van der Waals surface area contributed by atoms with Crippen molar-refractivity contribution in [2.24, 2.45) is 0 Å². The lowest BCUT2D eigenvalue weighted by atomic mass is 10.1. The van der Waals surface area contributed by atoms with Crippen molar-refractivity contribution in [2.45, 2.75) is 61.9 Å². The Morgan fingerprint density at radius 1 is 0.915 bits per heavy atom. The van der Waals surface area contributed by atoms with Crippen molar-refractivity contribution < 1.29 is 38.5 Å². The van der Waals surface area contributed by atoms with Crippen LogP contribution < -0.4 is 5.32 Å². The van der Waals surface area contributed by atoms with Gasteiger partial charge in [0.05, 0.1) is 15.4 Å². The van der Waals surface area contributed by atoms with Gasteiger partial charge in [0.25, 0.3) is 5.69 Å². The van der Waals surface area contributed by atoms with Gasteiger partial charge in [0.15, 0.2) is 0 Å². The molecule has 47 heavy (non-hydrogen) atoms. The monoisotopic (exact) mass is 670 g/mol. The molecule has 3 heterocycles. The Hall–Kier alpha value is -4.93. The number of benzene rings is 2. The first kappa shape index (κ1) is 33.4. The topological polar surface area (TPSA) is 195 Å². The number of rotatable bonds is 9. The fourth-order valence-corrected chi connectivity index (χ4v) is 6.43. The Morgan fingerprint density at radius 2 is 1.64 bits per heavy atom. The number of thiol groups is 1. The molecule has 3 aliphatic heterocycles. The summed E-state index contributed by atoms with van der Waals surface area (Å²) >= 11 is 4.48. The molecular weight excluding hydrogens is 636 g/mol. The number of nitrogens with one attached hydrogen (secondary N) is 1. The van der Waals surface area contributed by atoms with Gasteiger partial charge in [0, 0.05) is 49.6 Å². The summed E-state index contributed by atoms with van der Waals surface area (Å²) in [5, 5.41) is 25.1. The number of nitro benzene ring substituents is 1. The van der Waals surface area contributed by atoms with Gasteiger partial charge in [-0.2, -0.15) is 12.6 Å². The molecule has 0 bridgehead atoms. The number of nitrogens with zero attached hydrogens (tertiary/aromatic N) is 5. The highest BCUT2D eigenvalue weighted by atomic mass is 32.1. The Labute approximate surface area is 274 Å². The van der Waals surface area contributed by atoms with Crippen molar-refractivity contribution >= 4 is 42.3 Å². The molecule has 0 radical (unpaired) electrons. The molecule has 5 rings (SSSR count). The third-order valence-electron chi connectivity index (χ3n) is 8.43. The van der Waals surface area contributed by atoms with E-state index in [2.05, 4.69) is 17.9 Å². The zero-order valence-electron chi connectivity index (χ0n) is 25.2. The summed E-state index contributed by atoms with van der Waals surface area (Å²) in [6.45, 7) is 0.795. The van der Waals surface area contributed by atoms with Crippen molar-refractivity contribution in [3.63, 3.8) is 0 Å². The molecule has 3 fully saturated rings. The Bertz CT molecular complexity index is 1510. The van der Waals surface area contributed by atoms with Crippen LogP contribution >= 0.6 is 12.6 Å². The highest BCUT2D eigenvalue weighted by Gasteiger charge is 2.44. The second-order valence-electron chi connectivity index (χ2n) is 11.6. The molecule has 1 unspecified atom stereocenters. The lowest BCUT2D eigenvalue weighted by Crippen LogP contribution is -2.51. The van der Waals surface area contributed by atoms with Crippen molar-refractivity contribution in [1.29, 1.82) is 0 Å². The lowest BCUT2D eigenvalue weighted by Gasteiger charge is -2.28. The van der Waals surface area contributed by atoms with Crippen molar-refractivity contribution in [3.05, 3.63) is 86.0 Å². The van der Waals surface area contributed by atoms with Gasteiger partial charge < -0.3 is 19.7 Å². The number of hydrogen-bond donors (Lipinski definition) is 2. The summed E-state index contributed by atoms with van der Waals surface area (Å²) in [6.07, 6.45) is -1.74. The van der Waals surface area contributed by atoms with Crippen molar-refractivity contribution in [1.82, 2.24) is 20.0 Å². The largest absolute Gasteiger partial charge is 0.445 e. The van der Waals surface area contributed by atoms with Crippen LogP contribution in [0.3, 0.4) is 0 Å². The minimum Gasteiger partial charge on any atom is -0.445 e. The number of likely N-dealkylation sites (tertiary alicyclic amines) is 3. The average Bonchev–Trinajstić information content (AvgIpc) is 3.83. The summed E-state index contributed by atoms with van der Waals surface area (Å²) in [6, 6.07) is 11.3. The molecule has 5 atom stereocenters. The molecule has 0 aromatic heterocycles. The molecule has 0 spiro atoms. The van der Waals surface area contributed by atoms with Crippen LogP contribution in [0.5, 0.6) is 0 Å². The standard InChI is InChI=1S/C30H34N6O10S/c37-26(24-7-4-13-33(24)30(40)46-28(36(43)44)20-5-2-1-3-6-20)31-21-12-14-32(16-21)27(38)25-15-23(47)17-34(25)29(39)45-18-19-8-10-22(11-9-19)35(41)42/h1-3,5-6,8-11,21,23-25,28,47H,4,7,12-18H2,(H,31,37)/t21-,23+,24+,25+,28?/m1/s1. The Balaban J connectivity index is 1.13. The normalized spacial score (nSPS) is 22.9. The first-order chi connectivity index (χ1) is 22.5. The molecule has 0 aliphatic carbocycles. The third kappa shape index (κ3) is 7.90. The molecule has 250 valence electrons. The van der Waals surface area contributed by atoms with Gasteiger partial charge in [0.2, 0.25) is 11.8 Å². The highest BCUT2D eigenvalue weighted by molar-refractivity contribution is 7.81. The van der Waals surface area contributed by atoms with Crippen LogP contribution in [0.1, 0.15) is 43.0 Å². The molecule has 2 aromatic carbocycles. The molecule has 17 heteroatoms. The molecule has 3 aliphatic rings. The molecular formula is C30H34N6O10S. The van der Waals surface area contributed by atoms with Crippen LogP contribution in [-0.4, -0.2) is 98.1 Å². The Morgan fingerprint density at radius 3 is 2.32 bits per heavy atom. The summed E-state index contributed by atoms with van der Waals surface area (Å²) < 4.78 is 10.6. The molecule has 1 N–H and O–H groups in total. The number of nitro groups is 2. The predicted molar refractivity (Wildman–Crippen MR) is 167 cm³/mol. The number of ether oxygens (including phenoxy) is 2. The van der Waals surface area contributed by atoms with Crippen LogP contribution in [0, 0.1) is 20.2 Å². The van der Waals surface area contributed by atoms with E-state index in [9.17, 15) is 39.4 Å². The van der Waals surface area contributed by atoms with E-state index in [1.54, 1.807) is 23.1 Å². The maximum Gasteiger partial charge on any atom is 0.415 e. The average molecular weight is 671 g/mol. The number of carbonyl (C=O) groups excluding carboxylic acids is 4. The quantitative estimate of drug-likeness (QED) is 0.173. The lowest BCUT2D eigenvalue weighted by molar-refractivity contribution is -0.575. The minimum atomic E-state index is -1.71. The van der Waals surface area contributed by atoms with Crippen molar-refractivity contribution in [2.75, 3.05) is 26.2 Å². The van der Waals surface area contributed by atoms with E-state index in [0.29, 0.717) is 37.8 Å². The molecule has 3 saturated heterocycles. The van der Waals surface area contributed by atoms with Gasteiger partial charge in [-0.3, -0.25) is 39.6 Å². The van der Waals surface area contributed by atoms with Crippen molar-refractivity contribution in [3.8, 4) is 0 Å². The number of non-ortho nitro benzene ring substituents is 1. The van der Waals surface area contributed by atoms with Gasteiger partial charge >= 0.3 is 18.4 Å². The van der Waals surface area contributed by atoms with E-state index in [1.165, 1.54) is 46.2 Å². The van der Waals surface area contributed by atoms with E-state index in [0.717, 1.165) is 0 Å². The van der Waals surface area contributed by atoms with E-state index < -0.39 is 52.3 Å². The minimum absolute atomic E-state index is 0.0870. The van der Waals surface area contributed by atoms with Crippen LogP contribution in [-0.2, 0) is 25.7 Å².